The van der Waals surface area contributed by atoms with Gasteiger partial charge in [-0.1, -0.05) is 0 Å². The van der Waals surface area contributed by atoms with Crippen molar-refractivity contribution in [1.29, 1.82) is 0 Å². The number of nitrogen functional groups attached to an aromatic ring is 1. The van der Waals surface area contributed by atoms with E-state index in [1.807, 2.05) is 11.9 Å². The summed E-state index contributed by atoms with van der Waals surface area (Å²) in [6.45, 7) is 1.15. The zero-order valence-electron chi connectivity index (χ0n) is 13.7. The van der Waals surface area contributed by atoms with Crippen molar-refractivity contribution in [1.82, 2.24) is 19.9 Å². The molecule has 128 valence electrons. The second kappa shape index (κ2) is 6.70. The fraction of sp³-hybridized carbons (Fsp3) is 0.176. The molecule has 2 aromatic heterocycles. The van der Waals surface area contributed by atoms with Gasteiger partial charge < -0.3 is 16.5 Å². The average Bonchev–Trinajstić information content (AvgIpc) is 2.56. The van der Waals surface area contributed by atoms with Gasteiger partial charge in [-0.25, -0.2) is 9.97 Å². The first kappa shape index (κ1) is 16.6. The van der Waals surface area contributed by atoms with Crippen molar-refractivity contribution in [3.8, 4) is 0 Å². The molecule has 0 saturated carbocycles. The molecule has 0 aliphatic rings. The highest BCUT2D eigenvalue weighted by Crippen LogP contribution is 2.12. The predicted molar refractivity (Wildman–Crippen MR) is 94.7 cm³/mol. The van der Waals surface area contributed by atoms with Crippen molar-refractivity contribution >= 4 is 22.8 Å². The van der Waals surface area contributed by atoms with E-state index in [1.54, 1.807) is 24.5 Å². The van der Waals surface area contributed by atoms with Crippen LogP contribution < -0.4 is 16.9 Å². The van der Waals surface area contributed by atoms with Crippen LogP contribution in [0.15, 0.2) is 41.5 Å². The maximum absolute atomic E-state index is 12.3. The van der Waals surface area contributed by atoms with Gasteiger partial charge >= 0.3 is 0 Å². The van der Waals surface area contributed by atoms with Crippen LogP contribution in [0.4, 0.5) is 5.95 Å². The van der Waals surface area contributed by atoms with E-state index in [0.29, 0.717) is 29.6 Å². The zero-order valence-corrected chi connectivity index (χ0v) is 13.7. The molecule has 3 aromatic rings. The summed E-state index contributed by atoms with van der Waals surface area (Å²) >= 11 is 0. The van der Waals surface area contributed by atoms with Gasteiger partial charge in [-0.3, -0.25) is 14.5 Å². The third-order valence-corrected chi connectivity index (χ3v) is 3.79. The Hall–Kier alpha value is -3.26. The van der Waals surface area contributed by atoms with Crippen LogP contribution in [0.5, 0.6) is 0 Å². The topological polar surface area (TPSA) is 131 Å². The number of benzene rings is 1. The van der Waals surface area contributed by atoms with Gasteiger partial charge in [0.2, 0.25) is 11.9 Å². The first-order chi connectivity index (χ1) is 11.9. The molecule has 3 rings (SSSR count). The van der Waals surface area contributed by atoms with Crippen molar-refractivity contribution in [2.45, 2.75) is 13.1 Å². The van der Waals surface area contributed by atoms with Gasteiger partial charge in [-0.2, -0.15) is 0 Å². The van der Waals surface area contributed by atoms with Crippen LogP contribution in [0.1, 0.15) is 21.6 Å². The molecule has 0 fully saturated rings. The van der Waals surface area contributed by atoms with Gasteiger partial charge in [0.1, 0.15) is 0 Å². The molecule has 2 heterocycles. The number of pyridine rings is 1. The number of aromatic amines is 1. The van der Waals surface area contributed by atoms with E-state index in [4.69, 9.17) is 11.5 Å². The Kier molecular flexibility index (Phi) is 4.44. The Balaban J connectivity index is 1.81. The summed E-state index contributed by atoms with van der Waals surface area (Å²) in [5.74, 6) is -0.323. The number of amides is 1. The number of carbonyl (C=O) groups is 1. The maximum Gasteiger partial charge on any atom is 0.248 e. The minimum absolute atomic E-state index is 0.156. The molecule has 25 heavy (non-hydrogen) atoms. The van der Waals surface area contributed by atoms with Crippen LogP contribution in [0.3, 0.4) is 0 Å². The summed E-state index contributed by atoms with van der Waals surface area (Å²) in [5.41, 5.74) is 13.2. The average molecular weight is 338 g/mol. The molecule has 0 spiro atoms. The number of H-pyrrole nitrogens is 1. The van der Waals surface area contributed by atoms with E-state index in [9.17, 15) is 9.59 Å². The van der Waals surface area contributed by atoms with Crippen LogP contribution in [0.2, 0.25) is 0 Å². The van der Waals surface area contributed by atoms with Gasteiger partial charge in [-0.15, -0.1) is 0 Å². The molecule has 0 aliphatic carbocycles. The third-order valence-electron chi connectivity index (χ3n) is 3.79. The van der Waals surface area contributed by atoms with Crippen molar-refractivity contribution in [2.24, 2.45) is 5.73 Å². The standard InChI is InChI=1S/C17H18N6O2/c1-23(8-10-6-20-17(19)21-7-10)9-12-5-15(24)13-4-11(16(18)25)2-3-14(13)22-12/h2-7H,8-9H2,1H3,(H2,18,25)(H,22,24)(H2,19,20,21). The molecule has 8 nitrogen and oxygen atoms in total. The number of nitrogens with zero attached hydrogens (tertiary/aromatic N) is 3. The number of carbonyl (C=O) groups excluding carboxylic acids is 1. The second-order valence-electron chi connectivity index (χ2n) is 5.91. The van der Waals surface area contributed by atoms with Crippen LogP contribution in [0, 0.1) is 0 Å². The smallest absolute Gasteiger partial charge is 0.248 e. The molecular formula is C17H18N6O2. The number of nitrogens with two attached hydrogens (primary N) is 2. The first-order valence-corrected chi connectivity index (χ1v) is 7.63. The quantitative estimate of drug-likeness (QED) is 0.625. The number of anilines is 1. The number of primary amides is 1. The largest absolute Gasteiger partial charge is 0.368 e. The SMILES string of the molecule is CN(Cc1cnc(N)nc1)Cc1cc(=O)c2cc(C(N)=O)ccc2[nH]1. The first-order valence-electron chi connectivity index (χ1n) is 7.63. The predicted octanol–water partition coefficient (Wildman–Crippen LogP) is 0.631. The Morgan fingerprint density at radius 3 is 2.60 bits per heavy atom. The number of hydrogen-bond acceptors (Lipinski definition) is 6. The van der Waals surface area contributed by atoms with E-state index in [2.05, 4.69) is 15.0 Å². The van der Waals surface area contributed by atoms with Crippen LogP contribution in [-0.2, 0) is 13.1 Å². The number of hydrogen-bond donors (Lipinski definition) is 3. The molecule has 8 heteroatoms. The van der Waals surface area contributed by atoms with E-state index >= 15 is 0 Å². The highest BCUT2D eigenvalue weighted by atomic mass is 16.1. The lowest BCUT2D eigenvalue weighted by atomic mass is 10.1. The van der Waals surface area contributed by atoms with Gasteiger partial charge in [0.15, 0.2) is 5.43 Å². The Bertz CT molecular complexity index is 981. The number of rotatable bonds is 5. The summed E-state index contributed by atoms with van der Waals surface area (Å²) in [7, 11) is 1.93. The molecule has 0 aliphatic heterocycles. The molecule has 0 saturated heterocycles. The molecule has 1 aromatic carbocycles. The van der Waals surface area contributed by atoms with Crippen LogP contribution in [-0.4, -0.2) is 32.8 Å². The van der Waals surface area contributed by atoms with E-state index < -0.39 is 5.91 Å². The molecule has 1 amide bonds. The van der Waals surface area contributed by atoms with Crippen LogP contribution in [0.25, 0.3) is 10.9 Å². The van der Waals surface area contributed by atoms with Crippen molar-refractivity contribution < 1.29 is 4.79 Å². The van der Waals surface area contributed by atoms with Crippen molar-refractivity contribution in [3.05, 3.63) is 63.7 Å². The Morgan fingerprint density at radius 1 is 1.20 bits per heavy atom. The summed E-state index contributed by atoms with van der Waals surface area (Å²) in [4.78, 5) is 36.7. The molecule has 0 radical (unpaired) electrons. The molecule has 5 N–H and O–H groups in total. The number of fused-ring (bicyclic) bond motifs is 1. The molecule has 0 bridgehead atoms. The Labute approximate surface area is 143 Å². The highest BCUT2D eigenvalue weighted by Gasteiger charge is 2.08. The lowest BCUT2D eigenvalue weighted by Gasteiger charge is -2.16. The summed E-state index contributed by atoms with van der Waals surface area (Å²) in [5, 5.41) is 0.439. The van der Waals surface area contributed by atoms with E-state index in [0.717, 1.165) is 11.3 Å². The summed E-state index contributed by atoms with van der Waals surface area (Å²) < 4.78 is 0. The molecule has 0 unspecified atom stereocenters. The lowest BCUT2D eigenvalue weighted by molar-refractivity contribution is 0.100. The van der Waals surface area contributed by atoms with Crippen LogP contribution >= 0.6 is 0 Å². The van der Waals surface area contributed by atoms with Gasteiger partial charge in [0, 0.05) is 59.3 Å². The fourth-order valence-electron chi connectivity index (χ4n) is 2.65. The Morgan fingerprint density at radius 2 is 1.92 bits per heavy atom. The highest BCUT2D eigenvalue weighted by molar-refractivity contribution is 5.96. The number of aromatic nitrogens is 3. The molecular weight excluding hydrogens is 320 g/mol. The monoisotopic (exact) mass is 338 g/mol. The van der Waals surface area contributed by atoms with Gasteiger partial charge in [0.05, 0.1) is 0 Å². The normalized spacial score (nSPS) is 11.1. The minimum Gasteiger partial charge on any atom is -0.368 e. The minimum atomic E-state index is -0.559. The van der Waals surface area contributed by atoms with E-state index in [-0.39, 0.29) is 11.4 Å². The summed E-state index contributed by atoms with van der Waals surface area (Å²) in [6, 6.07) is 6.33. The van der Waals surface area contributed by atoms with Crippen molar-refractivity contribution in [2.75, 3.05) is 12.8 Å². The fourth-order valence-corrected chi connectivity index (χ4v) is 2.65. The second-order valence-corrected chi connectivity index (χ2v) is 5.91. The third kappa shape index (κ3) is 3.81. The van der Waals surface area contributed by atoms with E-state index in [1.165, 1.54) is 12.1 Å². The molecule has 0 atom stereocenters. The van der Waals surface area contributed by atoms with Gasteiger partial charge in [-0.05, 0) is 25.2 Å². The van der Waals surface area contributed by atoms with Gasteiger partial charge in [0.25, 0.3) is 0 Å². The number of nitrogens with one attached hydrogen (secondary N) is 1. The zero-order chi connectivity index (χ0) is 18.0. The maximum atomic E-state index is 12.3. The summed E-state index contributed by atoms with van der Waals surface area (Å²) in [6.07, 6.45) is 3.35. The lowest BCUT2D eigenvalue weighted by Crippen LogP contribution is -2.20. The van der Waals surface area contributed by atoms with Crippen molar-refractivity contribution in [3.63, 3.8) is 0 Å².